The van der Waals surface area contributed by atoms with E-state index in [2.05, 4.69) is 20.1 Å². The summed E-state index contributed by atoms with van der Waals surface area (Å²) >= 11 is 12.5. The SMILES string of the molecule is Cc1cc(Oc2ccc(Cn3nc4ccc(Cl)cc4c3C(=O)NS(=O)(=O)c3ccc(NCCc4ccncc4)c([N+](=O)[O-])c3)cc2)cc(C)c1Cl. The molecule has 0 bridgehead atoms. The topological polar surface area (TPSA) is 158 Å². The smallest absolute Gasteiger partial charge is 0.293 e. The summed E-state index contributed by atoms with van der Waals surface area (Å²) in [6.07, 6.45) is 3.85. The number of carbonyl (C=O) groups is 1. The van der Waals surface area contributed by atoms with Gasteiger partial charge in [-0.1, -0.05) is 35.3 Å². The highest BCUT2D eigenvalue weighted by molar-refractivity contribution is 7.90. The number of sulfonamides is 1. The van der Waals surface area contributed by atoms with E-state index in [0.717, 1.165) is 28.3 Å². The first-order chi connectivity index (χ1) is 24.4. The number of aromatic nitrogens is 3. The van der Waals surface area contributed by atoms with Crippen molar-refractivity contribution in [1.82, 2.24) is 19.5 Å². The summed E-state index contributed by atoms with van der Waals surface area (Å²) < 4.78 is 36.4. The Balaban J connectivity index is 1.23. The van der Waals surface area contributed by atoms with Gasteiger partial charge in [0.15, 0.2) is 0 Å². The molecule has 260 valence electrons. The number of ether oxygens (including phenoxy) is 1. The Morgan fingerprint density at radius 2 is 1.61 bits per heavy atom. The van der Waals surface area contributed by atoms with Crippen LogP contribution in [-0.4, -0.2) is 40.6 Å². The number of hydrogen-bond donors (Lipinski definition) is 2. The molecule has 0 fully saturated rings. The van der Waals surface area contributed by atoms with Crippen molar-refractivity contribution in [2.45, 2.75) is 31.7 Å². The maximum absolute atomic E-state index is 13.8. The van der Waals surface area contributed by atoms with Crippen molar-refractivity contribution in [3.63, 3.8) is 0 Å². The Kier molecular flexibility index (Phi) is 10.2. The summed E-state index contributed by atoms with van der Waals surface area (Å²) in [5.74, 6) is 0.218. The number of carbonyl (C=O) groups excluding carboxylic acids is 1. The van der Waals surface area contributed by atoms with Gasteiger partial charge >= 0.3 is 0 Å². The third-order valence-electron chi connectivity index (χ3n) is 8.00. The van der Waals surface area contributed by atoms with Crippen molar-refractivity contribution in [3.8, 4) is 11.5 Å². The van der Waals surface area contributed by atoms with Gasteiger partial charge in [-0.2, -0.15) is 5.10 Å². The van der Waals surface area contributed by atoms with Crippen molar-refractivity contribution in [1.29, 1.82) is 0 Å². The number of pyridine rings is 1. The largest absolute Gasteiger partial charge is 0.457 e. The number of anilines is 1. The molecular weight excluding hydrogens is 715 g/mol. The fourth-order valence-electron chi connectivity index (χ4n) is 5.49. The van der Waals surface area contributed by atoms with E-state index >= 15 is 0 Å². The molecule has 0 unspecified atom stereocenters. The molecule has 2 heterocycles. The van der Waals surface area contributed by atoms with Gasteiger partial charge < -0.3 is 10.1 Å². The van der Waals surface area contributed by atoms with Gasteiger partial charge in [0.2, 0.25) is 0 Å². The highest BCUT2D eigenvalue weighted by Gasteiger charge is 2.27. The van der Waals surface area contributed by atoms with Crippen molar-refractivity contribution in [3.05, 3.63) is 145 Å². The van der Waals surface area contributed by atoms with Crippen LogP contribution in [0.25, 0.3) is 10.9 Å². The zero-order chi connectivity index (χ0) is 36.3. The number of benzene rings is 4. The summed E-state index contributed by atoms with van der Waals surface area (Å²) in [6.45, 7) is 4.25. The van der Waals surface area contributed by atoms with Crippen LogP contribution in [-0.2, 0) is 23.0 Å². The molecule has 12 nitrogen and oxygen atoms in total. The lowest BCUT2D eigenvalue weighted by atomic mass is 10.1. The Hall–Kier alpha value is -5.50. The van der Waals surface area contributed by atoms with Gasteiger partial charge in [0.25, 0.3) is 21.6 Å². The summed E-state index contributed by atoms with van der Waals surface area (Å²) in [4.78, 5) is 28.5. The van der Waals surface area contributed by atoms with Crippen LogP contribution in [0.4, 0.5) is 11.4 Å². The van der Waals surface area contributed by atoms with Gasteiger partial charge in [0.1, 0.15) is 22.9 Å². The van der Waals surface area contributed by atoms with E-state index in [1.54, 1.807) is 48.8 Å². The molecule has 0 aliphatic heterocycles. The minimum atomic E-state index is -4.57. The quantitative estimate of drug-likeness (QED) is 0.0939. The van der Waals surface area contributed by atoms with Crippen LogP contribution >= 0.6 is 23.2 Å². The van der Waals surface area contributed by atoms with E-state index in [1.807, 2.05) is 38.1 Å². The number of aryl methyl sites for hydroxylation is 2. The predicted octanol–water partition coefficient (Wildman–Crippen LogP) is 7.88. The molecule has 0 aliphatic rings. The Morgan fingerprint density at radius 1 is 0.902 bits per heavy atom. The summed E-state index contributed by atoms with van der Waals surface area (Å²) in [6, 6.07) is 22.6. The van der Waals surface area contributed by atoms with Crippen molar-refractivity contribution >= 4 is 61.4 Å². The molecule has 0 radical (unpaired) electrons. The molecule has 51 heavy (non-hydrogen) atoms. The van der Waals surface area contributed by atoms with Gasteiger partial charge in [0.05, 0.1) is 21.9 Å². The molecular formula is C36H30Cl2N6O6S. The molecule has 4 aromatic carbocycles. The van der Waals surface area contributed by atoms with Gasteiger partial charge in [0, 0.05) is 40.4 Å². The Bertz CT molecular complexity index is 2360. The molecule has 6 rings (SSSR count). The van der Waals surface area contributed by atoms with Crippen molar-refractivity contribution in [2.24, 2.45) is 0 Å². The van der Waals surface area contributed by atoms with Gasteiger partial charge in [-0.15, -0.1) is 0 Å². The molecule has 0 atom stereocenters. The van der Waals surface area contributed by atoms with E-state index in [-0.39, 0.29) is 17.9 Å². The lowest BCUT2D eigenvalue weighted by molar-refractivity contribution is -0.384. The van der Waals surface area contributed by atoms with E-state index in [4.69, 9.17) is 27.9 Å². The van der Waals surface area contributed by atoms with E-state index in [1.165, 1.54) is 22.9 Å². The zero-order valence-corrected chi connectivity index (χ0v) is 29.6. The monoisotopic (exact) mass is 744 g/mol. The second kappa shape index (κ2) is 14.8. The van der Waals surface area contributed by atoms with Crippen LogP contribution in [0.5, 0.6) is 11.5 Å². The summed E-state index contributed by atoms with van der Waals surface area (Å²) in [7, 11) is -4.57. The van der Waals surface area contributed by atoms with Crippen LogP contribution < -0.4 is 14.8 Å². The molecule has 2 N–H and O–H groups in total. The van der Waals surface area contributed by atoms with Gasteiger partial charge in [-0.05, 0) is 109 Å². The second-order valence-corrected chi connectivity index (χ2v) is 14.2. The Morgan fingerprint density at radius 3 is 2.29 bits per heavy atom. The number of nitro groups is 1. The number of nitrogens with one attached hydrogen (secondary N) is 2. The number of halogens is 2. The minimum absolute atomic E-state index is 0.0626. The number of fused-ring (bicyclic) bond motifs is 1. The van der Waals surface area contributed by atoms with Gasteiger partial charge in [-0.25, -0.2) is 13.1 Å². The Labute approximate surface area is 303 Å². The summed E-state index contributed by atoms with van der Waals surface area (Å²) in [5, 5.41) is 20.8. The van der Waals surface area contributed by atoms with E-state index in [0.29, 0.717) is 45.4 Å². The van der Waals surface area contributed by atoms with E-state index in [9.17, 15) is 23.3 Å². The maximum Gasteiger partial charge on any atom is 0.293 e. The molecule has 6 aromatic rings. The lowest BCUT2D eigenvalue weighted by Gasteiger charge is -2.12. The number of hydrogen-bond acceptors (Lipinski definition) is 9. The summed E-state index contributed by atoms with van der Waals surface area (Å²) in [5.41, 5.74) is 3.51. The van der Waals surface area contributed by atoms with Crippen molar-refractivity contribution in [2.75, 3.05) is 11.9 Å². The van der Waals surface area contributed by atoms with Crippen LogP contribution in [0.3, 0.4) is 0 Å². The van der Waals surface area contributed by atoms with Crippen LogP contribution in [0, 0.1) is 24.0 Å². The number of rotatable bonds is 12. The molecule has 1 amide bonds. The van der Waals surface area contributed by atoms with Crippen LogP contribution in [0.15, 0.2) is 102 Å². The third kappa shape index (κ3) is 8.12. The zero-order valence-electron chi connectivity index (χ0n) is 27.3. The standard InChI is InChI=1S/C36H30Cl2N6O6S/c1-22-17-28(18-23(2)34(22)38)50-27-6-3-25(4-7-27)21-43-35(30-19-26(37)5-9-31(30)41-43)36(45)42-51(48,49)29-8-10-32(33(20-29)44(46)47)40-16-13-24-11-14-39-15-12-24/h3-12,14-15,17-20,40H,13,16,21H2,1-2H3,(H,42,45). The van der Waals surface area contributed by atoms with Gasteiger partial charge in [-0.3, -0.25) is 24.6 Å². The minimum Gasteiger partial charge on any atom is -0.457 e. The molecule has 15 heteroatoms. The lowest BCUT2D eigenvalue weighted by Crippen LogP contribution is -2.32. The molecule has 0 spiro atoms. The molecule has 0 saturated carbocycles. The van der Waals surface area contributed by atoms with Crippen molar-refractivity contribution < 1.29 is 22.9 Å². The molecule has 0 aliphatic carbocycles. The average Bonchev–Trinajstić information content (AvgIpc) is 3.45. The number of amides is 1. The molecule has 0 saturated heterocycles. The fraction of sp³-hybridized carbons (Fsp3) is 0.139. The van der Waals surface area contributed by atoms with E-state index < -0.39 is 31.4 Å². The highest BCUT2D eigenvalue weighted by Crippen LogP contribution is 2.31. The highest BCUT2D eigenvalue weighted by atomic mass is 35.5. The third-order valence-corrected chi connectivity index (χ3v) is 10.2. The number of nitro benzene ring substituents is 1. The van der Waals surface area contributed by atoms with Crippen LogP contribution in [0.2, 0.25) is 10.0 Å². The first kappa shape index (κ1) is 35.3. The first-order valence-corrected chi connectivity index (χ1v) is 17.8. The predicted molar refractivity (Wildman–Crippen MR) is 195 cm³/mol. The maximum atomic E-state index is 13.8. The molecule has 2 aromatic heterocycles. The normalized spacial score (nSPS) is 11.4. The fourth-order valence-corrected chi connectivity index (χ4v) is 6.75. The first-order valence-electron chi connectivity index (χ1n) is 15.6. The second-order valence-electron chi connectivity index (χ2n) is 11.7. The van der Waals surface area contributed by atoms with Crippen LogP contribution in [0.1, 0.15) is 32.7 Å². The average molecular weight is 746 g/mol. The number of nitrogens with zero attached hydrogens (tertiary/aromatic N) is 4.